The summed E-state index contributed by atoms with van der Waals surface area (Å²) < 4.78 is 2.18. The maximum atomic E-state index is 11.7. The van der Waals surface area contributed by atoms with E-state index < -0.39 is 5.91 Å². The minimum atomic E-state index is -0.482. The molecule has 23 heavy (non-hydrogen) atoms. The van der Waals surface area contributed by atoms with Gasteiger partial charge in [0.1, 0.15) is 11.5 Å². The number of primary amides is 1. The van der Waals surface area contributed by atoms with Crippen molar-refractivity contribution in [2.45, 2.75) is 19.5 Å². The minimum absolute atomic E-state index is 0.296. The van der Waals surface area contributed by atoms with Crippen LogP contribution in [0.25, 0.3) is 21.9 Å². The van der Waals surface area contributed by atoms with E-state index in [4.69, 9.17) is 5.73 Å². The van der Waals surface area contributed by atoms with Gasteiger partial charge in [0.15, 0.2) is 0 Å². The van der Waals surface area contributed by atoms with E-state index in [-0.39, 0.29) is 0 Å². The summed E-state index contributed by atoms with van der Waals surface area (Å²) >= 11 is 0. The molecule has 0 bridgehead atoms. The number of nitrogens with two attached hydrogens (primary N) is 1. The zero-order chi connectivity index (χ0) is 16.6. The standard InChI is InChI=1S/C17H21N5O/c1-10(19-2)9-22-14-7-5-4-6-11(14)12-8-13(15(18)23)16(20-3)21-17(12)22/h4-8,10,19H,9H2,1-3H3,(H2,18,23)(H,20,21)/t10-/m0/s1. The van der Waals surface area contributed by atoms with Crippen LogP contribution >= 0.6 is 0 Å². The van der Waals surface area contributed by atoms with Crippen molar-refractivity contribution in [1.82, 2.24) is 14.9 Å². The maximum Gasteiger partial charge on any atom is 0.252 e. The van der Waals surface area contributed by atoms with E-state index in [2.05, 4.69) is 33.2 Å². The molecule has 6 nitrogen and oxygen atoms in total. The number of fused-ring (bicyclic) bond motifs is 3. The summed E-state index contributed by atoms with van der Waals surface area (Å²) in [6, 6.07) is 10.2. The molecule has 2 aromatic heterocycles. The summed E-state index contributed by atoms with van der Waals surface area (Å²) in [5.41, 5.74) is 7.85. The second kappa shape index (κ2) is 5.89. The van der Waals surface area contributed by atoms with Crippen LogP contribution in [0.5, 0.6) is 0 Å². The SMILES string of the molecule is CNc1nc2c(cc1C(N)=O)c1ccccc1n2C[C@H](C)NC. The average molecular weight is 311 g/mol. The molecule has 0 saturated heterocycles. The zero-order valence-electron chi connectivity index (χ0n) is 13.6. The Kier molecular flexibility index (Phi) is 3.92. The molecule has 0 unspecified atom stereocenters. The van der Waals surface area contributed by atoms with Crippen molar-refractivity contribution in [2.24, 2.45) is 5.73 Å². The van der Waals surface area contributed by atoms with Crippen molar-refractivity contribution in [1.29, 1.82) is 0 Å². The third-order valence-electron chi connectivity index (χ3n) is 4.19. The highest BCUT2D eigenvalue weighted by Gasteiger charge is 2.18. The number of hydrogen-bond donors (Lipinski definition) is 3. The van der Waals surface area contributed by atoms with Crippen LogP contribution in [-0.2, 0) is 6.54 Å². The van der Waals surface area contributed by atoms with Crippen molar-refractivity contribution in [3.8, 4) is 0 Å². The predicted octanol–water partition coefficient (Wildman–Crippen LogP) is 1.94. The van der Waals surface area contributed by atoms with Gasteiger partial charge in [-0.1, -0.05) is 18.2 Å². The summed E-state index contributed by atoms with van der Waals surface area (Å²) in [6.07, 6.45) is 0. The molecule has 2 heterocycles. The predicted molar refractivity (Wildman–Crippen MR) is 93.8 cm³/mol. The largest absolute Gasteiger partial charge is 0.372 e. The van der Waals surface area contributed by atoms with Crippen LogP contribution in [0.4, 0.5) is 5.82 Å². The average Bonchev–Trinajstić information content (AvgIpc) is 2.87. The highest BCUT2D eigenvalue weighted by molar-refractivity contribution is 6.10. The van der Waals surface area contributed by atoms with Crippen molar-refractivity contribution < 1.29 is 4.79 Å². The number of para-hydroxylation sites is 1. The van der Waals surface area contributed by atoms with Gasteiger partial charge in [-0.2, -0.15) is 0 Å². The fourth-order valence-corrected chi connectivity index (χ4v) is 2.89. The molecular formula is C17H21N5O. The number of carbonyl (C=O) groups is 1. The topological polar surface area (TPSA) is 85.0 Å². The number of nitrogens with one attached hydrogen (secondary N) is 2. The van der Waals surface area contributed by atoms with Gasteiger partial charge < -0.3 is 20.9 Å². The molecule has 0 fully saturated rings. The highest BCUT2D eigenvalue weighted by Crippen LogP contribution is 2.30. The number of hydrogen-bond acceptors (Lipinski definition) is 4. The van der Waals surface area contributed by atoms with Crippen molar-refractivity contribution >= 4 is 33.7 Å². The van der Waals surface area contributed by atoms with E-state index in [1.54, 1.807) is 7.05 Å². The number of rotatable bonds is 5. The maximum absolute atomic E-state index is 11.7. The lowest BCUT2D eigenvalue weighted by Gasteiger charge is -2.14. The summed E-state index contributed by atoms with van der Waals surface area (Å²) in [5, 5.41) is 8.23. The first-order valence-corrected chi connectivity index (χ1v) is 7.63. The van der Waals surface area contributed by atoms with E-state index in [1.807, 2.05) is 31.3 Å². The first-order chi connectivity index (χ1) is 11.1. The Labute approximate surface area is 134 Å². The van der Waals surface area contributed by atoms with Crippen LogP contribution in [-0.4, -0.2) is 35.6 Å². The van der Waals surface area contributed by atoms with Gasteiger partial charge in [0.2, 0.25) is 0 Å². The summed E-state index contributed by atoms with van der Waals surface area (Å²) in [5.74, 6) is 0.0235. The molecule has 3 aromatic rings. The molecule has 3 rings (SSSR count). The Hall–Kier alpha value is -2.60. The van der Waals surface area contributed by atoms with Crippen LogP contribution in [0.1, 0.15) is 17.3 Å². The van der Waals surface area contributed by atoms with E-state index in [0.717, 1.165) is 28.5 Å². The molecule has 0 aliphatic rings. The van der Waals surface area contributed by atoms with Gasteiger partial charge in [-0.3, -0.25) is 4.79 Å². The smallest absolute Gasteiger partial charge is 0.252 e. The first kappa shape index (κ1) is 15.3. The third-order valence-corrected chi connectivity index (χ3v) is 4.19. The number of amides is 1. The number of anilines is 1. The Bertz CT molecular complexity index is 883. The lowest BCUT2D eigenvalue weighted by molar-refractivity contribution is 0.100. The number of aromatic nitrogens is 2. The quantitative estimate of drug-likeness (QED) is 0.672. The van der Waals surface area contributed by atoms with Crippen LogP contribution < -0.4 is 16.4 Å². The number of carbonyl (C=O) groups excluding carboxylic acids is 1. The van der Waals surface area contributed by atoms with Crippen LogP contribution in [0, 0.1) is 0 Å². The monoisotopic (exact) mass is 311 g/mol. The molecular weight excluding hydrogens is 290 g/mol. The summed E-state index contributed by atoms with van der Waals surface area (Å²) in [7, 11) is 3.68. The molecule has 4 N–H and O–H groups in total. The van der Waals surface area contributed by atoms with E-state index >= 15 is 0 Å². The molecule has 120 valence electrons. The second-order valence-corrected chi connectivity index (χ2v) is 5.69. The fourth-order valence-electron chi connectivity index (χ4n) is 2.89. The summed E-state index contributed by atoms with van der Waals surface area (Å²) in [6.45, 7) is 2.91. The van der Waals surface area contributed by atoms with Crippen molar-refractivity contribution in [3.05, 3.63) is 35.9 Å². The Morgan fingerprint density at radius 3 is 2.70 bits per heavy atom. The van der Waals surface area contributed by atoms with Crippen LogP contribution in [0.15, 0.2) is 30.3 Å². The van der Waals surface area contributed by atoms with Gasteiger partial charge in [-0.25, -0.2) is 4.98 Å². The van der Waals surface area contributed by atoms with E-state index in [9.17, 15) is 4.79 Å². The van der Waals surface area contributed by atoms with Gasteiger partial charge in [0.25, 0.3) is 5.91 Å². The van der Waals surface area contributed by atoms with Gasteiger partial charge in [-0.15, -0.1) is 0 Å². The van der Waals surface area contributed by atoms with Gasteiger partial charge >= 0.3 is 0 Å². The minimum Gasteiger partial charge on any atom is -0.372 e. The lowest BCUT2D eigenvalue weighted by atomic mass is 10.1. The number of likely N-dealkylation sites (N-methyl/N-ethyl adjacent to an activating group) is 1. The van der Waals surface area contributed by atoms with Gasteiger partial charge in [-0.05, 0) is 26.1 Å². The number of pyridine rings is 1. The van der Waals surface area contributed by atoms with Crippen molar-refractivity contribution in [2.75, 3.05) is 19.4 Å². The molecule has 1 aromatic carbocycles. The number of nitrogens with zero attached hydrogens (tertiary/aromatic N) is 2. The Balaban J connectivity index is 2.37. The van der Waals surface area contributed by atoms with Gasteiger partial charge in [0.05, 0.1) is 11.1 Å². The Morgan fingerprint density at radius 1 is 1.30 bits per heavy atom. The summed E-state index contributed by atoms with van der Waals surface area (Å²) in [4.78, 5) is 16.4. The third kappa shape index (κ3) is 2.51. The van der Waals surface area contributed by atoms with Crippen LogP contribution in [0.2, 0.25) is 0 Å². The van der Waals surface area contributed by atoms with E-state index in [0.29, 0.717) is 17.4 Å². The molecule has 0 aliphatic heterocycles. The zero-order valence-corrected chi connectivity index (χ0v) is 13.6. The molecule has 0 saturated carbocycles. The molecule has 0 aliphatic carbocycles. The van der Waals surface area contributed by atoms with Gasteiger partial charge in [0, 0.05) is 30.4 Å². The Morgan fingerprint density at radius 2 is 2.04 bits per heavy atom. The number of benzene rings is 1. The molecule has 1 atom stereocenters. The molecule has 0 radical (unpaired) electrons. The normalized spacial score (nSPS) is 12.7. The first-order valence-electron chi connectivity index (χ1n) is 7.63. The highest BCUT2D eigenvalue weighted by atomic mass is 16.1. The molecule has 0 spiro atoms. The second-order valence-electron chi connectivity index (χ2n) is 5.69. The fraction of sp³-hybridized carbons (Fsp3) is 0.294. The van der Waals surface area contributed by atoms with E-state index in [1.165, 1.54) is 0 Å². The van der Waals surface area contributed by atoms with Crippen LogP contribution in [0.3, 0.4) is 0 Å². The molecule has 6 heteroatoms. The molecule has 1 amide bonds. The van der Waals surface area contributed by atoms with Crippen molar-refractivity contribution in [3.63, 3.8) is 0 Å². The lowest BCUT2D eigenvalue weighted by Crippen LogP contribution is -2.26.